The van der Waals surface area contributed by atoms with E-state index in [1.165, 1.54) is 12.0 Å². The maximum atomic E-state index is 14.5. The minimum Gasteiger partial charge on any atom is -0.460 e. The fourth-order valence-electron chi connectivity index (χ4n) is 10.6. The molecule has 2 saturated heterocycles. The first-order valence-corrected chi connectivity index (χ1v) is 25.9. The Labute approximate surface area is 423 Å². The topological polar surface area (TPSA) is 194 Å². The number of piperidine rings is 1. The molecule has 15 nitrogen and oxygen atoms in total. The summed E-state index contributed by atoms with van der Waals surface area (Å²) >= 11 is 0. The van der Waals surface area contributed by atoms with Crippen molar-refractivity contribution in [2.45, 2.75) is 187 Å². The number of methoxy groups -OCH3 is 3. The van der Waals surface area contributed by atoms with Crippen LogP contribution < -0.4 is 0 Å². The molecule has 15 atom stereocenters. The number of hydrogen-bond donors (Lipinski definition) is 2. The van der Waals surface area contributed by atoms with Crippen molar-refractivity contribution in [2.75, 3.05) is 41.1 Å². The minimum absolute atomic E-state index is 0.000433. The standard InChI is InChI=1S/C56H85NO14/c1-12-26-68-47-33-43-23-21-41(8)56(64,71-43)53(61)54(62)57-25-17-16-20-44(57)55(63)70-48(38(5)31-42-22-24-46(49(32-42)66-10)69-28-27-65-9)34-45(58)37(4)30-40(7)51(60)52(67-11)50(59)39(6)29-35(2)18-14-13-15-19-36(47)3/h13-15,18-19,30,35,37-39,41-44,46-49,51-52,60,64H,16-17,20-25,27-29,31-34H2,1-11H3/b15-13+,18-14+,36-19+,40-30+/t35?,37?,38?,39-,41-,42?,43?,44+,46?,47?,48?,49?,51?,52?,56?/m1/s1. The van der Waals surface area contributed by atoms with E-state index in [0.29, 0.717) is 63.7 Å². The van der Waals surface area contributed by atoms with Gasteiger partial charge >= 0.3 is 5.97 Å². The van der Waals surface area contributed by atoms with Crippen molar-refractivity contribution in [3.8, 4) is 12.0 Å². The van der Waals surface area contributed by atoms with Crippen LogP contribution in [-0.2, 0) is 57.1 Å². The van der Waals surface area contributed by atoms with Gasteiger partial charge in [-0.25, -0.2) is 4.79 Å². The van der Waals surface area contributed by atoms with Crippen molar-refractivity contribution < 1.29 is 67.3 Å². The van der Waals surface area contributed by atoms with Gasteiger partial charge in [-0.3, -0.25) is 19.2 Å². The minimum atomic E-state index is -2.47. The first-order valence-electron chi connectivity index (χ1n) is 25.9. The van der Waals surface area contributed by atoms with Crippen molar-refractivity contribution in [1.82, 2.24) is 4.90 Å². The molecule has 12 unspecified atom stereocenters. The van der Waals surface area contributed by atoms with E-state index < -0.39 is 77.8 Å². The second-order valence-corrected chi connectivity index (χ2v) is 20.7. The van der Waals surface area contributed by atoms with Crippen molar-refractivity contribution in [1.29, 1.82) is 0 Å². The molecule has 0 radical (unpaired) electrons. The molecule has 0 aromatic heterocycles. The molecule has 4 rings (SSSR count). The molecule has 2 N–H and O–H groups in total. The van der Waals surface area contributed by atoms with Gasteiger partial charge in [-0.1, -0.05) is 77.0 Å². The largest absolute Gasteiger partial charge is 0.460 e. The van der Waals surface area contributed by atoms with Gasteiger partial charge in [0.05, 0.1) is 31.5 Å². The quantitative estimate of drug-likeness (QED) is 0.0734. The highest BCUT2D eigenvalue weighted by Gasteiger charge is 2.53. The highest BCUT2D eigenvalue weighted by molar-refractivity contribution is 6.39. The van der Waals surface area contributed by atoms with Crippen LogP contribution in [0.2, 0.25) is 0 Å². The lowest BCUT2D eigenvalue weighted by Crippen LogP contribution is -2.61. The Balaban J connectivity index is 1.71. The molecule has 2 bridgehead atoms. The summed E-state index contributed by atoms with van der Waals surface area (Å²) in [6, 6.07) is -1.15. The highest BCUT2D eigenvalue weighted by Crippen LogP contribution is 2.38. The number of aliphatic hydroxyl groups is 2. The number of allylic oxidation sites excluding steroid dienone is 6. The molecule has 1 saturated carbocycles. The van der Waals surface area contributed by atoms with Crippen molar-refractivity contribution >= 4 is 29.2 Å². The van der Waals surface area contributed by atoms with Crippen LogP contribution in [-0.4, -0.2) is 140 Å². The third kappa shape index (κ3) is 16.8. The number of fused-ring (bicyclic) bond motifs is 3. The highest BCUT2D eigenvalue weighted by atomic mass is 16.6. The number of cyclic esters (lactones) is 1. The molecule has 1 aliphatic carbocycles. The summed E-state index contributed by atoms with van der Waals surface area (Å²) in [4.78, 5) is 72.5. The lowest BCUT2D eigenvalue weighted by molar-refractivity contribution is -0.265. The lowest BCUT2D eigenvalue weighted by atomic mass is 9.78. The van der Waals surface area contributed by atoms with Crippen LogP contribution >= 0.6 is 0 Å². The smallest absolute Gasteiger partial charge is 0.329 e. The molecule has 3 fully saturated rings. The monoisotopic (exact) mass is 996 g/mol. The Hall–Kier alpha value is -4.01. The molecule has 0 aromatic rings. The molecular formula is C56H85NO14. The number of amides is 1. The zero-order chi connectivity index (χ0) is 52.4. The van der Waals surface area contributed by atoms with E-state index >= 15 is 0 Å². The molecule has 0 spiro atoms. The van der Waals surface area contributed by atoms with E-state index in [1.54, 1.807) is 48.0 Å². The number of ether oxygens (including phenoxy) is 7. The number of hydrogen-bond acceptors (Lipinski definition) is 14. The summed E-state index contributed by atoms with van der Waals surface area (Å²) in [7, 11) is 4.67. The number of nitrogens with zero attached hydrogens (tertiary/aromatic N) is 1. The molecule has 1 amide bonds. The molecule has 15 heteroatoms. The van der Waals surface area contributed by atoms with E-state index in [-0.39, 0.29) is 67.3 Å². The number of Topliss-reactive ketones (excluding diaryl/α,β-unsaturated/α-hetero) is 3. The maximum Gasteiger partial charge on any atom is 0.329 e. The number of esters is 1. The fraction of sp³-hybridized carbons (Fsp3) is 0.732. The average molecular weight is 996 g/mol. The first-order chi connectivity index (χ1) is 33.8. The molecule has 3 aliphatic heterocycles. The summed E-state index contributed by atoms with van der Waals surface area (Å²) in [5, 5.41) is 23.6. The third-order valence-electron chi connectivity index (χ3n) is 15.1. The summed E-state index contributed by atoms with van der Waals surface area (Å²) in [6.45, 7) is 15.3. The van der Waals surface area contributed by atoms with Gasteiger partial charge in [0.2, 0.25) is 5.79 Å². The number of carbonyl (C=O) groups excluding carboxylic acids is 5. The van der Waals surface area contributed by atoms with Gasteiger partial charge in [-0.05, 0) is 107 Å². The van der Waals surface area contributed by atoms with Crippen molar-refractivity contribution in [3.05, 3.63) is 47.6 Å². The number of ketones is 3. The Bertz CT molecular complexity index is 1970. The van der Waals surface area contributed by atoms with Gasteiger partial charge in [0, 0.05) is 65.4 Å². The van der Waals surface area contributed by atoms with Gasteiger partial charge in [0.25, 0.3) is 11.7 Å². The van der Waals surface area contributed by atoms with Crippen molar-refractivity contribution in [2.24, 2.45) is 35.5 Å². The van der Waals surface area contributed by atoms with Crippen LogP contribution in [0.25, 0.3) is 0 Å². The molecule has 3 heterocycles. The predicted octanol–water partition coefficient (Wildman–Crippen LogP) is 7.20. The lowest BCUT2D eigenvalue weighted by Gasteiger charge is -2.42. The van der Waals surface area contributed by atoms with Gasteiger partial charge in [-0.15, -0.1) is 0 Å². The summed E-state index contributed by atoms with van der Waals surface area (Å²) in [6.07, 6.45) is 14.5. The molecule has 398 valence electrons. The summed E-state index contributed by atoms with van der Waals surface area (Å²) in [5.41, 5.74) is 1.20. The molecule has 71 heavy (non-hydrogen) atoms. The molecule has 4 aliphatic rings. The second-order valence-electron chi connectivity index (χ2n) is 20.7. The van der Waals surface area contributed by atoms with E-state index in [9.17, 15) is 34.2 Å². The number of carbonyl (C=O) groups is 5. The van der Waals surface area contributed by atoms with Crippen molar-refractivity contribution in [3.63, 3.8) is 0 Å². The Morgan fingerprint density at radius 2 is 1.62 bits per heavy atom. The van der Waals surface area contributed by atoms with E-state index in [1.807, 2.05) is 58.1 Å². The average Bonchev–Trinajstić information content (AvgIpc) is 3.35. The van der Waals surface area contributed by atoms with Gasteiger partial charge in [-0.2, -0.15) is 0 Å². The molecular weight excluding hydrogens is 911 g/mol. The van der Waals surface area contributed by atoms with Crippen LogP contribution in [0.5, 0.6) is 0 Å². The van der Waals surface area contributed by atoms with Gasteiger partial charge in [0.15, 0.2) is 5.78 Å². The van der Waals surface area contributed by atoms with E-state index in [0.717, 1.165) is 18.4 Å². The number of rotatable bonds is 10. The molecule has 0 aromatic carbocycles. The SMILES string of the molecule is CC#COC1CC2CC[C@@H](C)C(O)(O2)C(=O)C(=O)N2CCCC[C@H]2C(=O)OC(C(C)CC2CCC(OCCOC)C(OC)C2)CC(=O)C(C)/C=C(\C)C(O)C(OC)C(=O)[C@H](C)CC(C)/C=C/C=C/C=C/1C. The Morgan fingerprint density at radius 1 is 0.873 bits per heavy atom. The van der Waals surface area contributed by atoms with E-state index in [2.05, 4.69) is 12.0 Å². The zero-order valence-electron chi connectivity index (χ0n) is 44.4. The fourth-order valence-corrected chi connectivity index (χ4v) is 10.6. The van der Waals surface area contributed by atoms with Crippen LogP contribution in [0.4, 0.5) is 0 Å². The van der Waals surface area contributed by atoms with Crippen LogP contribution in [0, 0.1) is 47.5 Å². The second kappa shape index (κ2) is 29.0. The summed E-state index contributed by atoms with van der Waals surface area (Å²) in [5.74, 6) is -5.27. The predicted molar refractivity (Wildman–Crippen MR) is 268 cm³/mol. The van der Waals surface area contributed by atoms with Gasteiger partial charge in [0.1, 0.15) is 42.3 Å². The third-order valence-corrected chi connectivity index (χ3v) is 15.1. The Kier molecular flexibility index (Phi) is 24.3. The van der Waals surface area contributed by atoms with Crippen LogP contribution in [0.15, 0.2) is 47.6 Å². The number of aliphatic hydroxyl groups excluding tert-OH is 1. The normalized spacial score (nSPS) is 37.7. The first kappa shape index (κ1) is 59.6. The summed E-state index contributed by atoms with van der Waals surface area (Å²) < 4.78 is 41.2. The van der Waals surface area contributed by atoms with Gasteiger partial charge < -0.3 is 48.3 Å². The van der Waals surface area contributed by atoms with E-state index in [4.69, 9.17) is 33.2 Å². The van der Waals surface area contributed by atoms with Crippen LogP contribution in [0.1, 0.15) is 132 Å². The zero-order valence-corrected chi connectivity index (χ0v) is 44.4. The Morgan fingerprint density at radius 3 is 2.31 bits per heavy atom. The maximum absolute atomic E-state index is 14.5. The van der Waals surface area contributed by atoms with Crippen LogP contribution in [0.3, 0.4) is 0 Å².